The van der Waals surface area contributed by atoms with Crippen molar-refractivity contribution in [2.24, 2.45) is 23.2 Å². The zero-order chi connectivity index (χ0) is 15.0. The molecule has 1 atom stereocenters. The Kier molecular flexibility index (Phi) is 3.89. The van der Waals surface area contributed by atoms with Crippen LogP contribution >= 0.6 is 0 Å². The molecule has 1 aromatic carbocycles. The van der Waals surface area contributed by atoms with Crippen molar-refractivity contribution >= 4 is 5.69 Å². The number of aliphatic hydroxyl groups is 1. The summed E-state index contributed by atoms with van der Waals surface area (Å²) in [6.45, 7) is 0.873. The van der Waals surface area contributed by atoms with Gasteiger partial charge in [0.05, 0.1) is 6.10 Å². The maximum Gasteiger partial charge on any atom is 0.0562 e. The molecule has 4 aliphatic rings. The lowest BCUT2D eigenvalue weighted by molar-refractivity contribution is -0.0761. The van der Waals surface area contributed by atoms with Crippen LogP contribution in [0.25, 0.3) is 0 Å². The fourth-order valence-electron chi connectivity index (χ4n) is 6.08. The first-order valence-corrected chi connectivity index (χ1v) is 9.18. The Morgan fingerprint density at radius 1 is 1.00 bits per heavy atom. The number of para-hydroxylation sites is 1. The molecule has 0 amide bonds. The SMILES string of the molecule is OC(CCNc1ccccc1)CC12CC3CC(CC(C3)C1)C2. The number of anilines is 1. The predicted octanol–water partition coefficient (Wildman–Crippen LogP) is 4.46. The number of nitrogens with one attached hydrogen (secondary N) is 1. The molecule has 1 aromatic rings. The van der Waals surface area contributed by atoms with E-state index in [-0.39, 0.29) is 6.10 Å². The lowest BCUT2D eigenvalue weighted by Crippen LogP contribution is -2.47. The van der Waals surface area contributed by atoms with Crippen molar-refractivity contribution in [1.82, 2.24) is 0 Å². The summed E-state index contributed by atoms with van der Waals surface area (Å²) >= 11 is 0. The van der Waals surface area contributed by atoms with Crippen LogP contribution in [0.3, 0.4) is 0 Å². The van der Waals surface area contributed by atoms with Crippen LogP contribution in [0.4, 0.5) is 5.69 Å². The predicted molar refractivity (Wildman–Crippen MR) is 90.8 cm³/mol. The molecule has 4 saturated carbocycles. The van der Waals surface area contributed by atoms with E-state index in [0.29, 0.717) is 5.41 Å². The highest BCUT2D eigenvalue weighted by atomic mass is 16.3. The van der Waals surface area contributed by atoms with Crippen LogP contribution in [0.1, 0.15) is 51.4 Å². The normalized spacial score (nSPS) is 37.2. The number of rotatable bonds is 6. The first kappa shape index (κ1) is 14.6. The van der Waals surface area contributed by atoms with E-state index in [1.807, 2.05) is 18.2 Å². The molecule has 22 heavy (non-hydrogen) atoms. The highest BCUT2D eigenvalue weighted by molar-refractivity contribution is 5.42. The van der Waals surface area contributed by atoms with Gasteiger partial charge in [0.25, 0.3) is 0 Å². The molecule has 0 spiro atoms. The van der Waals surface area contributed by atoms with E-state index in [1.54, 1.807) is 0 Å². The van der Waals surface area contributed by atoms with Crippen LogP contribution in [-0.2, 0) is 0 Å². The Morgan fingerprint density at radius 3 is 2.18 bits per heavy atom. The van der Waals surface area contributed by atoms with Crippen molar-refractivity contribution in [1.29, 1.82) is 0 Å². The number of hydrogen-bond donors (Lipinski definition) is 2. The Bertz CT molecular complexity index is 462. The topological polar surface area (TPSA) is 32.3 Å². The molecule has 4 bridgehead atoms. The van der Waals surface area contributed by atoms with Gasteiger partial charge in [-0.3, -0.25) is 0 Å². The molecule has 0 heterocycles. The minimum absolute atomic E-state index is 0.132. The van der Waals surface area contributed by atoms with Gasteiger partial charge in [-0.15, -0.1) is 0 Å². The quantitative estimate of drug-likeness (QED) is 0.813. The van der Waals surface area contributed by atoms with Gasteiger partial charge in [-0.1, -0.05) is 18.2 Å². The minimum atomic E-state index is -0.132. The van der Waals surface area contributed by atoms with Crippen LogP contribution in [0, 0.1) is 23.2 Å². The van der Waals surface area contributed by atoms with Crippen molar-refractivity contribution in [3.63, 3.8) is 0 Å². The maximum atomic E-state index is 10.5. The number of aliphatic hydroxyl groups excluding tert-OH is 1. The lowest BCUT2D eigenvalue weighted by atomic mass is 9.48. The van der Waals surface area contributed by atoms with Gasteiger partial charge < -0.3 is 10.4 Å². The summed E-state index contributed by atoms with van der Waals surface area (Å²) < 4.78 is 0. The van der Waals surface area contributed by atoms with E-state index in [0.717, 1.165) is 42.8 Å². The first-order chi connectivity index (χ1) is 10.7. The largest absolute Gasteiger partial charge is 0.393 e. The van der Waals surface area contributed by atoms with Gasteiger partial charge >= 0.3 is 0 Å². The molecule has 1 unspecified atom stereocenters. The summed E-state index contributed by atoms with van der Waals surface area (Å²) in [6.07, 6.45) is 10.5. The van der Waals surface area contributed by atoms with Crippen molar-refractivity contribution in [3.05, 3.63) is 30.3 Å². The molecule has 4 fully saturated rings. The van der Waals surface area contributed by atoms with Crippen LogP contribution in [0.2, 0.25) is 0 Å². The smallest absolute Gasteiger partial charge is 0.0562 e. The van der Waals surface area contributed by atoms with Crippen molar-refractivity contribution < 1.29 is 5.11 Å². The number of hydrogen-bond acceptors (Lipinski definition) is 2. The summed E-state index contributed by atoms with van der Waals surface area (Å²) in [4.78, 5) is 0. The van der Waals surface area contributed by atoms with E-state index >= 15 is 0 Å². The van der Waals surface area contributed by atoms with E-state index in [9.17, 15) is 5.11 Å². The molecule has 2 heteroatoms. The summed E-state index contributed by atoms with van der Waals surface area (Å²) in [6, 6.07) is 10.3. The fraction of sp³-hybridized carbons (Fsp3) is 0.700. The van der Waals surface area contributed by atoms with Crippen LogP contribution < -0.4 is 5.32 Å². The third-order valence-corrected chi connectivity index (χ3v) is 6.41. The Hall–Kier alpha value is -1.02. The molecule has 0 aliphatic heterocycles. The lowest BCUT2D eigenvalue weighted by Gasteiger charge is -2.57. The van der Waals surface area contributed by atoms with Gasteiger partial charge in [-0.05, 0) is 86.7 Å². The van der Waals surface area contributed by atoms with Crippen molar-refractivity contribution in [3.8, 4) is 0 Å². The van der Waals surface area contributed by atoms with Gasteiger partial charge in [-0.2, -0.15) is 0 Å². The van der Waals surface area contributed by atoms with Gasteiger partial charge in [0.15, 0.2) is 0 Å². The Labute approximate surface area is 134 Å². The van der Waals surface area contributed by atoms with Crippen LogP contribution in [-0.4, -0.2) is 17.8 Å². The molecule has 120 valence electrons. The first-order valence-electron chi connectivity index (χ1n) is 9.18. The van der Waals surface area contributed by atoms with E-state index in [1.165, 1.54) is 38.5 Å². The fourth-order valence-corrected chi connectivity index (χ4v) is 6.08. The van der Waals surface area contributed by atoms with E-state index < -0.39 is 0 Å². The molecule has 0 saturated heterocycles. The monoisotopic (exact) mass is 299 g/mol. The maximum absolute atomic E-state index is 10.5. The van der Waals surface area contributed by atoms with Crippen molar-refractivity contribution in [2.75, 3.05) is 11.9 Å². The van der Waals surface area contributed by atoms with E-state index in [2.05, 4.69) is 17.4 Å². The zero-order valence-electron chi connectivity index (χ0n) is 13.5. The average molecular weight is 299 g/mol. The zero-order valence-corrected chi connectivity index (χ0v) is 13.5. The second-order valence-electron chi connectivity index (χ2n) is 8.36. The Balaban J connectivity index is 1.28. The molecular weight excluding hydrogens is 270 g/mol. The second-order valence-corrected chi connectivity index (χ2v) is 8.36. The second kappa shape index (κ2) is 5.88. The average Bonchev–Trinajstić information content (AvgIpc) is 2.46. The van der Waals surface area contributed by atoms with Gasteiger partial charge in [-0.25, -0.2) is 0 Å². The number of benzene rings is 1. The minimum Gasteiger partial charge on any atom is -0.393 e. The molecule has 2 nitrogen and oxygen atoms in total. The molecule has 5 rings (SSSR count). The molecular formula is C20H29NO. The highest BCUT2D eigenvalue weighted by Gasteiger charge is 2.51. The summed E-state index contributed by atoms with van der Waals surface area (Å²) in [7, 11) is 0. The highest BCUT2D eigenvalue weighted by Crippen LogP contribution is 2.61. The molecule has 2 N–H and O–H groups in total. The van der Waals surface area contributed by atoms with Crippen LogP contribution in [0.5, 0.6) is 0 Å². The van der Waals surface area contributed by atoms with Gasteiger partial charge in [0.2, 0.25) is 0 Å². The molecule has 0 aromatic heterocycles. The van der Waals surface area contributed by atoms with Gasteiger partial charge in [0.1, 0.15) is 0 Å². The molecule has 0 radical (unpaired) electrons. The van der Waals surface area contributed by atoms with Gasteiger partial charge in [0, 0.05) is 12.2 Å². The third-order valence-electron chi connectivity index (χ3n) is 6.41. The van der Waals surface area contributed by atoms with Crippen molar-refractivity contribution in [2.45, 2.75) is 57.5 Å². The summed E-state index contributed by atoms with van der Waals surface area (Å²) in [5, 5.41) is 14.0. The van der Waals surface area contributed by atoms with Crippen LogP contribution in [0.15, 0.2) is 30.3 Å². The third kappa shape index (κ3) is 3.03. The molecule has 4 aliphatic carbocycles. The van der Waals surface area contributed by atoms with E-state index in [4.69, 9.17) is 0 Å². The standard InChI is InChI=1S/C20H29NO/c22-19(6-7-21-18-4-2-1-3-5-18)14-20-11-15-8-16(12-20)10-17(9-15)13-20/h1-5,15-17,19,21-22H,6-14H2. The summed E-state index contributed by atoms with van der Waals surface area (Å²) in [5.41, 5.74) is 1.66. The summed E-state index contributed by atoms with van der Waals surface area (Å²) in [5.74, 6) is 2.96. The Morgan fingerprint density at radius 2 is 1.59 bits per heavy atom.